The number of benzene rings is 3. The van der Waals surface area contributed by atoms with Crippen LogP contribution >= 0.6 is 0 Å². The number of anilines is 1. The van der Waals surface area contributed by atoms with E-state index in [2.05, 4.69) is 0 Å². The van der Waals surface area contributed by atoms with Gasteiger partial charge >= 0.3 is 0 Å². The van der Waals surface area contributed by atoms with Crippen molar-refractivity contribution < 1.29 is 27.5 Å². The van der Waals surface area contributed by atoms with Crippen molar-refractivity contribution in [1.29, 1.82) is 0 Å². The number of rotatable bonds is 3. The fraction of sp³-hybridized carbons (Fsp3) is 0.0526. The first-order chi connectivity index (χ1) is 13.6. The normalized spacial score (nSPS) is 13.8. The van der Waals surface area contributed by atoms with Gasteiger partial charge in [0.15, 0.2) is 0 Å². The summed E-state index contributed by atoms with van der Waals surface area (Å²) in [6.07, 6.45) is 0. The first kappa shape index (κ1) is 18.7. The highest BCUT2D eigenvalue weighted by Crippen LogP contribution is 2.37. The largest absolute Gasteiger partial charge is 0.296 e. The van der Waals surface area contributed by atoms with Crippen LogP contribution in [0, 0.1) is 17.0 Å². The van der Waals surface area contributed by atoms with Gasteiger partial charge in [0, 0.05) is 23.1 Å². The number of imide groups is 1. The summed E-state index contributed by atoms with van der Waals surface area (Å²) in [5.74, 6) is -1.72. The van der Waals surface area contributed by atoms with E-state index in [1.165, 1.54) is 30.3 Å². The summed E-state index contributed by atoms with van der Waals surface area (Å²) in [6, 6.07) is 10.7. The lowest BCUT2D eigenvalue weighted by atomic mass is 9.93. The topological polar surface area (TPSA) is 135 Å². The number of hydrogen-bond acceptors (Lipinski definition) is 6. The molecule has 0 saturated carbocycles. The minimum Gasteiger partial charge on any atom is -0.282 e. The first-order valence-corrected chi connectivity index (χ1v) is 9.71. The van der Waals surface area contributed by atoms with Crippen molar-refractivity contribution in [1.82, 2.24) is 0 Å². The Hall–Kier alpha value is -3.63. The smallest absolute Gasteiger partial charge is 0.282 e. The molecule has 3 aromatic rings. The highest BCUT2D eigenvalue weighted by atomic mass is 32.2. The van der Waals surface area contributed by atoms with Gasteiger partial charge in [-0.1, -0.05) is 18.2 Å². The van der Waals surface area contributed by atoms with Crippen LogP contribution in [0.15, 0.2) is 53.4 Å². The SMILES string of the molecule is Cc1ccc(N2C(=O)c3cccc4cc([N+](=O)[O-])cc(c34)C2=O)c(S(=O)(=O)O)c1. The van der Waals surface area contributed by atoms with E-state index in [0.29, 0.717) is 15.8 Å². The number of amides is 2. The third-order valence-corrected chi connectivity index (χ3v) is 5.56. The van der Waals surface area contributed by atoms with Crippen molar-refractivity contribution in [3.8, 4) is 0 Å². The molecule has 29 heavy (non-hydrogen) atoms. The molecule has 1 aliphatic rings. The summed E-state index contributed by atoms with van der Waals surface area (Å²) in [4.78, 5) is 36.9. The summed E-state index contributed by atoms with van der Waals surface area (Å²) in [7, 11) is -4.76. The van der Waals surface area contributed by atoms with Gasteiger partial charge in [-0.2, -0.15) is 8.42 Å². The Kier molecular flexibility index (Phi) is 4.00. The van der Waals surface area contributed by atoms with Crippen molar-refractivity contribution in [3.05, 3.63) is 75.3 Å². The first-order valence-electron chi connectivity index (χ1n) is 8.27. The quantitative estimate of drug-likeness (QED) is 0.302. The molecule has 0 aromatic heterocycles. The summed E-state index contributed by atoms with van der Waals surface area (Å²) < 4.78 is 33.3. The van der Waals surface area contributed by atoms with Crippen LogP contribution in [-0.4, -0.2) is 29.7 Å². The lowest BCUT2D eigenvalue weighted by molar-refractivity contribution is -0.384. The summed E-state index contributed by atoms with van der Waals surface area (Å²) >= 11 is 0. The zero-order valence-electron chi connectivity index (χ0n) is 14.8. The average molecular weight is 412 g/mol. The Labute approximate surface area is 164 Å². The van der Waals surface area contributed by atoms with Gasteiger partial charge in [-0.3, -0.25) is 24.3 Å². The third kappa shape index (κ3) is 2.85. The van der Waals surface area contributed by atoms with Gasteiger partial charge < -0.3 is 0 Å². The molecule has 3 aromatic carbocycles. The minimum absolute atomic E-state index is 0.0915. The lowest BCUT2D eigenvalue weighted by Crippen LogP contribution is -2.41. The lowest BCUT2D eigenvalue weighted by Gasteiger charge is -2.28. The molecule has 1 heterocycles. The third-order valence-electron chi connectivity index (χ3n) is 4.67. The van der Waals surface area contributed by atoms with Crippen LogP contribution in [0.1, 0.15) is 26.3 Å². The predicted octanol–water partition coefficient (Wildman–Crippen LogP) is 3.10. The van der Waals surface area contributed by atoms with Gasteiger partial charge in [0.25, 0.3) is 27.6 Å². The zero-order chi connectivity index (χ0) is 21.1. The Morgan fingerprint density at radius 2 is 1.69 bits per heavy atom. The standard InChI is InChI=1S/C19H12N2O7S/c1-10-5-6-15(16(7-10)29(26,27)28)20-18(22)13-4-2-3-11-8-12(21(24)25)9-14(17(11)13)19(20)23/h2-9H,1H3,(H,26,27,28). The van der Waals surface area contributed by atoms with E-state index in [-0.39, 0.29) is 27.9 Å². The van der Waals surface area contributed by atoms with E-state index in [1.807, 2.05) is 0 Å². The van der Waals surface area contributed by atoms with Crippen LogP contribution in [0.4, 0.5) is 11.4 Å². The van der Waals surface area contributed by atoms with E-state index in [0.717, 1.165) is 12.1 Å². The van der Waals surface area contributed by atoms with Crippen LogP contribution in [0.3, 0.4) is 0 Å². The number of nitrogens with zero attached hydrogens (tertiary/aromatic N) is 2. The van der Waals surface area contributed by atoms with Crippen molar-refractivity contribution in [2.45, 2.75) is 11.8 Å². The number of carbonyl (C=O) groups is 2. The number of non-ortho nitro benzene ring substituents is 1. The molecule has 9 nitrogen and oxygen atoms in total. The molecule has 0 bridgehead atoms. The summed E-state index contributed by atoms with van der Waals surface area (Å²) in [6.45, 7) is 1.58. The highest BCUT2D eigenvalue weighted by molar-refractivity contribution is 7.86. The van der Waals surface area contributed by atoms with Crippen LogP contribution in [0.2, 0.25) is 0 Å². The van der Waals surface area contributed by atoms with Crippen LogP contribution < -0.4 is 4.90 Å². The minimum atomic E-state index is -4.76. The maximum absolute atomic E-state index is 13.2. The molecule has 146 valence electrons. The maximum Gasteiger partial charge on any atom is 0.296 e. The van der Waals surface area contributed by atoms with Crippen molar-refractivity contribution >= 4 is 44.1 Å². The Morgan fingerprint density at radius 1 is 1.00 bits per heavy atom. The van der Waals surface area contributed by atoms with Crippen molar-refractivity contribution in [2.24, 2.45) is 0 Å². The van der Waals surface area contributed by atoms with E-state index in [9.17, 15) is 32.7 Å². The highest BCUT2D eigenvalue weighted by Gasteiger charge is 2.37. The monoisotopic (exact) mass is 412 g/mol. The number of aryl methyl sites for hydroxylation is 1. The number of nitro groups is 1. The van der Waals surface area contributed by atoms with Gasteiger partial charge in [-0.05, 0) is 36.1 Å². The van der Waals surface area contributed by atoms with Gasteiger partial charge in [-0.25, -0.2) is 4.90 Å². The number of hydrogen-bond donors (Lipinski definition) is 1. The molecule has 0 atom stereocenters. The second kappa shape index (κ2) is 6.19. The number of carbonyl (C=O) groups excluding carboxylic acids is 2. The van der Waals surface area contributed by atoms with Gasteiger partial charge in [0.1, 0.15) is 4.90 Å². The van der Waals surface area contributed by atoms with E-state index < -0.39 is 31.8 Å². The maximum atomic E-state index is 13.2. The molecule has 4 rings (SSSR count). The van der Waals surface area contributed by atoms with Crippen molar-refractivity contribution in [2.75, 3.05) is 4.90 Å². The molecule has 0 radical (unpaired) electrons. The van der Waals surface area contributed by atoms with Crippen LogP contribution in [-0.2, 0) is 10.1 Å². The molecule has 0 fully saturated rings. The molecule has 0 unspecified atom stereocenters. The van der Waals surface area contributed by atoms with E-state index in [1.54, 1.807) is 13.0 Å². The molecule has 0 saturated heterocycles. The second-order valence-electron chi connectivity index (χ2n) is 6.55. The Bertz CT molecular complexity index is 1360. The second-order valence-corrected chi connectivity index (χ2v) is 7.94. The fourth-order valence-electron chi connectivity index (χ4n) is 3.43. The molecular formula is C19H12N2O7S. The van der Waals surface area contributed by atoms with E-state index in [4.69, 9.17) is 0 Å². The van der Waals surface area contributed by atoms with Gasteiger partial charge in [-0.15, -0.1) is 0 Å². The van der Waals surface area contributed by atoms with Gasteiger partial charge in [0.2, 0.25) is 0 Å². The molecule has 2 amide bonds. The molecule has 0 spiro atoms. The molecule has 1 N–H and O–H groups in total. The predicted molar refractivity (Wildman–Crippen MR) is 103 cm³/mol. The van der Waals surface area contributed by atoms with Crippen LogP contribution in [0.25, 0.3) is 10.8 Å². The van der Waals surface area contributed by atoms with Crippen LogP contribution in [0.5, 0.6) is 0 Å². The number of nitro benzene ring substituents is 1. The molecular weight excluding hydrogens is 400 g/mol. The Morgan fingerprint density at radius 3 is 2.34 bits per heavy atom. The molecule has 1 aliphatic heterocycles. The van der Waals surface area contributed by atoms with E-state index >= 15 is 0 Å². The Balaban J connectivity index is 2.04. The van der Waals surface area contributed by atoms with Crippen molar-refractivity contribution in [3.63, 3.8) is 0 Å². The summed E-state index contributed by atoms with van der Waals surface area (Å²) in [5, 5.41) is 11.9. The zero-order valence-corrected chi connectivity index (χ0v) is 15.6. The van der Waals surface area contributed by atoms with Gasteiger partial charge in [0.05, 0.1) is 16.2 Å². The molecule has 10 heteroatoms. The molecule has 0 aliphatic carbocycles. The summed E-state index contributed by atoms with van der Waals surface area (Å²) in [5.41, 5.74) is -0.204. The average Bonchev–Trinajstić information content (AvgIpc) is 2.65. The fourth-order valence-corrected chi connectivity index (χ4v) is 4.19.